The molecule has 3 aromatic rings. The Morgan fingerprint density at radius 2 is 2.04 bits per heavy atom. The molecular formula is C18H14N2O5S. The molecule has 0 unspecified atom stereocenters. The molecule has 1 aliphatic heterocycles. The average Bonchev–Trinajstić information content (AvgIpc) is 3.23. The van der Waals surface area contributed by atoms with Crippen LogP contribution in [0.3, 0.4) is 0 Å². The number of amides is 1. The number of hydrogen-bond donors (Lipinski definition) is 1. The Morgan fingerprint density at radius 1 is 1.27 bits per heavy atom. The highest BCUT2D eigenvalue weighted by Gasteiger charge is 2.44. The molecule has 2 aromatic heterocycles. The Morgan fingerprint density at radius 3 is 2.77 bits per heavy atom. The summed E-state index contributed by atoms with van der Waals surface area (Å²) in [5.41, 5.74) is 0.249. The summed E-state index contributed by atoms with van der Waals surface area (Å²) in [7, 11) is 0. The van der Waals surface area contributed by atoms with Gasteiger partial charge in [-0.25, -0.2) is 4.90 Å². The number of carbonyl (C=O) groups is 1. The zero-order valence-corrected chi connectivity index (χ0v) is 14.6. The van der Waals surface area contributed by atoms with E-state index in [4.69, 9.17) is 21.1 Å². The molecule has 2 aliphatic rings. The lowest BCUT2D eigenvalue weighted by molar-refractivity contribution is -0.116. The van der Waals surface area contributed by atoms with Gasteiger partial charge in [0.05, 0.1) is 11.6 Å². The second kappa shape index (κ2) is 5.07. The Balaban J connectivity index is 1.88. The van der Waals surface area contributed by atoms with Gasteiger partial charge >= 0.3 is 0 Å². The summed E-state index contributed by atoms with van der Waals surface area (Å²) >= 11 is 5.54. The number of aryl methyl sites for hydroxylation is 1. The van der Waals surface area contributed by atoms with Gasteiger partial charge in [-0.2, -0.15) is 0 Å². The lowest BCUT2D eigenvalue weighted by Gasteiger charge is -2.21. The third kappa shape index (κ3) is 1.96. The average molecular weight is 370 g/mol. The predicted molar refractivity (Wildman–Crippen MR) is 98.5 cm³/mol. The van der Waals surface area contributed by atoms with Crippen LogP contribution in [-0.4, -0.2) is 33.6 Å². The lowest BCUT2D eigenvalue weighted by atomic mass is 10.1. The quantitative estimate of drug-likeness (QED) is 0.694. The number of benzene rings is 1. The Labute approximate surface area is 152 Å². The highest BCUT2D eigenvalue weighted by atomic mass is 32.1. The summed E-state index contributed by atoms with van der Waals surface area (Å²) in [6.45, 7) is 1.82. The summed E-state index contributed by atoms with van der Waals surface area (Å²) in [6, 6.07) is 3.13. The van der Waals surface area contributed by atoms with Gasteiger partial charge < -0.3 is 18.8 Å². The van der Waals surface area contributed by atoms with Gasteiger partial charge in [-0.3, -0.25) is 9.59 Å². The third-order valence-corrected chi connectivity index (χ3v) is 5.28. The van der Waals surface area contributed by atoms with E-state index in [9.17, 15) is 14.7 Å². The van der Waals surface area contributed by atoms with E-state index in [2.05, 4.69) is 0 Å². The van der Waals surface area contributed by atoms with Crippen molar-refractivity contribution in [2.24, 2.45) is 0 Å². The second-order valence-corrected chi connectivity index (χ2v) is 7.02. The van der Waals surface area contributed by atoms with E-state index in [1.807, 2.05) is 4.90 Å². The summed E-state index contributed by atoms with van der Waals surface area (Å²) in [5.74, 6) is -0.0701. The van der Waals surface area contributed by atoms with Crippen molar-refractivity contribution >= 4 is 50.9 Å². The molecule has 0 atom stereocenters. The van der Waals surface area contributed by atoms with Crippen LogP contribution in [0.15, 0.2) is 32.0 Å². The number of carbonyl (C=O) groups excluding carboxylic acids is 1. The molecular weight excluding hydrogens is 356 g/mol. The van der Waals surface area contributed by atoms with E-state index >= 15 is 0 Å². The normalized spacial score (nSPS) is 17.9. The Kier molecular flexibility index (Phi) is 3.00. The van der Waals surface area contributed by atoms with Crippen molar-refractivity contribution in [1.29, 1.82) is 0 Å². The van der Waals surface area contributed by atoms with Crippen LogP contribution in [-0.2, 0) is 4.79 Å². The van der Waals surface area contributed by atoms with Crippen LogP contribution in [0.2, 0.25) is 0 Å². The topological polar surface area (TPSA) is 87.1 Å². The number of thiocarbonyl (C=S) groups is 1. The highest BCUT2D eigenvalue weighted by molar-refractivity contribution is 7.80. The van der Waals surface area contributed by atoms with Crippen molar-refractivity contribution in [2.45, 2.75) is 25.8 Å². The van der Waals surface area contributed by atoms with Crippen LogP contribution in [0.25, 0.3) is 21.9 Å². The number of phenolic OH excluding ortho intramolecular Hbond substituents is 1. The van der Waals surface area contributed by atoms with Crippen LogP contribution in [0.4, 0.5) is 5.69 Å². The van der Waals surface area contributed by atoms with Gasteiger partial charge in [0, 0.05) is 12.1 Å². The minimum absolute atomic E-state index is 0.0139. The first-order valence-electron chi connectivity index (χ1n) is 8.27. The van der Waals surface area contributed by atoms with Gasteiger partial charge in [-0.05, 0) is 38.0 Å². The molecule has 3 heterocycles. The first kappa shape index (κ1) is 15.4. The molecule has 1 aliphatic carbocycles. The van der Waals surface area contributed by atoms with Crippen LogP contribution in [0.5, 0.6) is 5.75 Å². The van der Waals surface area contributed by atoms with Gasteiger partial charge in [0.15, 0.2) is 21.7 Å². The standard InChI is InChI=1S/C18H14N2O5S/c1-8-6-11(21)13-15(23)10-4-5-24-16(10)14(17(13)25-8)20-12(22)7-19(18(20)26)9-2-3-9/h4-6,9,23H,2-3,7H2,1H3. The van der Waals surface area contributed by atoms with E-state index in [0.29, 0.717) is 16.3 Å². The summed E-state index contributed by atoms with van der Waals surface area (Å²) < 4.78 is 11.3. The maximum Gasteiger partial charge on any atom is 0.253 e. The van der Waals surface area contributed by atoms with Crippen LogP contribution in [0.1, 0.15) is 18.6 Å². The lowest BCUT2D eigenvalue weighted by Crippen LogP contribution is -2.34. The number of nitrogens with zero attached hydrogens (tertiary/aromatic N) is 2. The predicted octanol–water partition coefficient (Wildman–Crippen LogP) is 2.65. The Hall–Kier alpha value is -2.87. The number of furan rings is 1. The molecule has 5 rings (SSSR count). The summed E-state index contributed by atoms with van der Waals surface area (Å²) in [6.07, 6.45) is 3.40. The molecule has 26 heavy (non-hydrogen) atoms. The molecule has 2 fully saturated rings. The molecule has 8 heteroatoms. The molecule has 1 aromatic carbocycles. The molecule has 7 nitrogen and oxygen atoms in total. The molecule has 1 saturated carbocycles. The van der Waals surface area contributed by atoms with Gasteiger partial charge in [0.2, 0.25) is 0 Å². The number of phenols is 1. The summed E-state index contributed by atoms with van der Waals surface area (Å²) in [5, 5.41) is 11.3. The van der Waals surface area contributed by atoms with Crippen molar-refractivity contribution in [1.82, 2.24) is 4.90 Å². The number of anilines is 1. The van der Waals surface area contributed by atoms with Crippen molar-refractivity contribution < 1.29 is 18.7 Å². The van der Waals surface area contributed by atoms with Gasteiger partial charge in [-0.15, -0.1) is 0 Å². The minimum Gasteiger partial charge on any atom is -0.506 e. The molecule has 0 radical (unpaired) electrons. The maximum atomic E-state index is 12.8. The second-order valence-electron chi connectivity index (χ2n) is 6.66. The molecule has 0 bridgehead atoms. The highest BCUT2D eigenvalue weighted by Crippen LogP contribution is 2.44. The first-order chi connectivity index (χ1) is 12.5. The smallest absolute Gasteiger partial charge is 0.253 e. The fraction of sp³-hybridized carbons (Fsp3) is 0.278. The number of hydrogen-bond acceptors (Lipinski definition) is 6. The van der Waals surface area contributed by atoms with Crippen LogP contribution >= 0.6 is 12.2 Å². The van der Waals surface area contributed by atoms with Crippen LogP contribution in [0, 0.1) is 6.92 Å². The molecule has 1 N–H and O–H groups in total. The number of rotatable bonds is 2. The van der Waals surface area contributed by atoms with Crippen molar-refractivity contribution in [3.8, 4) is 5.75 Å². The van der Waals surface area contributed by atoms with Crippen LogP contribution < -0.4 is 10.3 Å². The fourth-order valence-electron chi connectivity index (χ4n) is 3.53. The summed E-state index contributed by atoms with van der Waals surface area (Å²) in [4.78, 5) is 28.5. The molecule has 1 saturated heterocycles. The zero-order chi connectivity index (χ0) is 18.2. The number of aromatic hydroxyl groups is 1. The van der Waals surface area contributed by atoms with Crippen molar-refractivity contribution in [2.75, 3.05) is 11.4 Å². The largest absolute Gasteiger partial charge is 0.506 e. The molecule has 0 spiro atoms. The van der Waals surface area contributed by atoms with E-state index in [1.165, 1.54) is 17.2 Å². The molecule has 1 amide bonds. The van der Waals surface area contributed by atoms with Gasteiger partial charge in [0.25, 0.3) is 5.91 Å². The third-order valence-electron chi connectivity index (χ3n) is 4.86. The van der Waals surface area contributed by atoms with E-state index in [-0.39, 0.29) is 51.9 Å². The van der Waals surface area contributed by atoms with E-state index < -0.39 is 0 Å². The van der Waals surface area contributed by atoms with Gasteiger partial charge in [0.1, 0.15) is 29.1 Å². The molecule has 132 valence electrons. The van der Waals surface area contributed by atoms with E-state index in [0.717, 1.165) is 12.8 Å². The maximum absolute atomic E-state index is 12.8. The van der Waals surface area contributed by atoms with Gasteiger partial charge in [-0.1, -0.05) is 0 Å². The van der Waals surface area contributed by atoms with E-state index in [1.54, 1.807) is 13.0 Å². The van der Waals surface area contributed by atoms with Crippen molar-refractivity contribution in [3.63, 3.8) is 0 Å². The zero-order valence-electron chi connectivity index (χ0n) is 13.8. The first-order valence-corrected chi connectivity index (χ1v) is 8.68. The minimum atomic E-state index is -0.387. The fourth-order valence-corrected chi connectivity index (χ4v) is 3.94. The Bertz CT molecular complexity index is 1170. The monoisotopic (exact) mass is 370 g/mol. The van der Waals surface area contributed by atoms with Crippen molar-refractivity contribution in [3.05, 3.63) is 34.4 Å². The number of fused-ring (bicyclic) bond motifs is 2. The SMILES string of the molecule is Cc1cc(=O)c2c(O)c3ccoc3c(N3C(=O)CN(C4CC4)C3=S)c2o1.